The number of nitrogens with one attached hydrogen (secondary N) is 1. The van der Waals surface area contributed by atoms with Gasteiger partial charge in [-0.1, -0.05) is 25.5 Å². The maximum atomic E-state index is 13.2. The lowest BCUT2D eigenvalue weighted by Crippen LogP contribution is -2.02. The Kier molecular flexibility index (Phi) is 5.02. The first-order chi connectivity index (χ1) is 15.1. The Morgan fingerprint density at radius 3 is 2.65 bits per heavy atom. The summed E-state index contributed by atoms with van der Waals surface area (Å²) in [6, 6.07) is 12.6. The molecule has 5 rings (SSSR count). The van der Waals surface area contributed by atoms with Crippen LogP contribution < -0.4 is 5.32 Å². The van der Waals surface area contributed by atoms with Gasteiger partial charge in [0.1, 0.15) is 11.6 Å². The number of hydrogen-bond acceptors (Lipinski definition) is 3. The summed E-state index contributed by atoms with van der Waals surface area (Å²) in [6.07, 6.45) is 11.0. The van der Waals surface area contributed by atoms with Gasteiger partial charge in [-0.2, -0.15) is 0 Å². The van der Waals surface area contributed by atoms with Crippen molar-refractivity contribution in [3.05, 3.63) is 90.5 Å². The van der Waals surface area contributed by atoms with Gasteiger partial charge in [-0.3, -0.25) is 4.98 Å². The summed E-state index contributed by atoms with van der Waals surface area (Å²) in [7, 11) is 0. The first kappa shape index (κ1) is 19.5. The molecule has 0 amide bonds. The normalized spacial score (nSPS) is 14.3. The molecule has 1 aliphatic rings. The Hall–Kier alpha value is -3.47. The molecule has 4 aromatic rings. The number of pyridine rings is 2. The highest BCUT2D eigenvalue weighted by molar-refractivity contribution is 5.84. The predicted molar refractivity (Wildman–Crippen MR) is 123 cm³/mol. The van der Waals surface area contributed by atoms with E-state index in [9.17, 15) is 4.39 Å². The van der Waals surface area contributed by atoms with Crippen LogP contribution in [0.4, 0.5) is 10.1 Å². The van der Waals surface area contributed by atoms with E-state index in [-0.39, 0.29) is 5.82 Å². The number of hydrogen-bond donors (Lipinski definition) is 1. The van der Waals surface area contributed by atoms with Crippen LogP contribution in [0.3, 0.4) is 0 Å². The molecule has 1 fully saturated rings. The Balaban J connectivity index is 1.50. The van der Waals surface area contributed by atoms with E-state index in [0.29, 0.717) is 5.92 Å². The van der Waals surface area contributed by atoms with Gasteiger partial charge in [-0.05, 0) is 56.2 Å². The van der Waals surface area contributed by atoms with Crippen molar-refractivity contribution in [1.29, 1.82) is 0 Å². The van der Waals surface area contributed by atoms with Crippen LogP contribution in [-0.2, 0) is 0 Å². The van der Waals surface area contributed by atoms with Crippen LogP contribution in [0, 0.1) is 12.7 Å². The van der Waals surface area contributed by atoms with Crippen molar-refractivity contribution in [2.75, 3.05) is 5.32 Å². The van der Waals surface area contributed by atoms with Crippen LogP contribution in [0.25, 0.3) is 22.3 Å². The maximum Gasteiger partial charge on any atom is 0.123 e. The molecule has 1 saturated carbocycles. The lowest BCUT2D eigenvalue weighted by atomic mass is 10.0. The van der Waals surface area contributed by atoms with Gasteiger partial charge in [0.25, 0.3) is 0 Å². The number of benzene rings is 1. The van der Waals surface area contributed by atoms with E-state index in [2.05, 4.69) is 45.7 Å². The molecule has 1 aliphatic carbocycles. The van der Waals surface area contributed by atoms with Crippen LogP contribution in [0.15, 0.2) is 67.6 Å². The second kappa shape index (κ2) is 7.99. The topological polar surface area (TPSA) is 42.2 Å². The maximum absolute atomic E-state index is 13.2. The lowest BCUT2D eigenvalue weighted by Gasteiger charge is -2.14. The fourth-order valence-corrected chi connectivity index (χ4v) is 4.53. The molecule has 5 heteroatoms. The van der Waals surface area contributed by atoms with Crippen molar-refractivity contribution in [2.24, 2.45) is 0 Å². The summed E-state index contributed by atoms with van der Waals surface area (Å²) in [6.45, 7) is 6.16. The third-order valence-corrected chi connectivity index (χ3v) is 6.18. The molecule has 0 saturated heterocycles. The first-order valence-corrected chi connectivity index (χ1v) is 10.7. The molecule has 3 aromatic heterocycles. The summed E-state index contributed by atoms with van der Waals surface area (Å²) in [5.74, 6) is 1.45. The van der Waals surface area contributed by atoms with E-state index in [1.165, 1.54) is 37.8 Å². The third kappa shape index (κ3) is 3.72. The van der Waals surface area contributed by atoms with E-state index in [1.807, 2.05) is 19.3 Å². The molecule has 156 valence electrons. The molecule has 31 heavy (non-hydrogen) atoms. The van der Waals surface area contributed by atoms with Gasteiger partial charge in [0, 0.05) is 52.1 Å². The van der Waals surface area contributed by atoms with Crippen LogP contribution in [0.5, 0.6) is 0 Å². The monoisotopic (exact) mass is 412 g/mol. The standard InChI is InChI=1S/C26H25FN4/c1-17-24(18(2)30-22-11-9-21(27)10-12-22)14-20(15-28-17)23-8-5-13-31-25(23)16-29-26(31)19-6-3-4-7-19/h5,8-16,19,30H,2-4,6-7H2,1H3. The molecule has 0 radical (unpaired) electrons. The van der Waals surface area contributed by atoms with Gasteiger partial charge >= 0.3 is 0 Å². The quantitative estimate of drug-likeness (QED) is 0.402. The lowest BCUT2D eigenvalue weighted by molar-refractivity contribution is 0.628. The van der Waals surface area contributed by atoms with Crippen LogP contribution in [0.1, 0.15) is 48.7 Å². The average Bonchev–Trinajstić information content (AvgIpc) is 3.45. The van der Waals surface area contributed by atoms with Crippen molar-refractivity contribution in [2.45, 2.75) is 38.5 Å². The van der Waals surface area contributed by atoms with Gasteiger partial charge in [-0.25, -0.2) is 9.37 Å². The Bertz CT molecular complexity index is 1250. The Morgan fingerprint density at radius 2 is 1.87 bits per heavy atom. The molecule has 0 unspecified atom stereocenters. The predicted octanol–water partition coefficient (Wildman–Crippen LogP) is 6.58. The molecular weight excluding hydrogens is 387 g/mol. The van der Waals surface area contributed by atoms with Gasteiger partial charge in [0.15, 0.2) is 0 Å². The molecule has 0 spiro atoms. The number of rotatable bonds is 5. The minimum absolute atomic E-state index is 0.262. The highest BCUT2D eigenvalue weighted by Gasteiger charge is 2.22. The Labute approximate surface area is 181 Å². The van der Waals surface area contributed by atoms with Crippen LogP contribution >= 0.6 is 0 Å². The van der Waals surface area contributed by atoms with E-state index in [1.54, 1.807) is 12.1 Å². The fraction of sp³-hybridized carbons (Fsp3) is 0.231. The van der Waals surface area contributed by atoms with Crippen molar-refractivity contribution in [1.82, 2.24) is 14.4 Å². The second-order valence-corrected chi connectivity index (χ2v) is 8.24. The highest BCUT2D eigenvalue weighted by atomic mass is 19.1. The zero-order valence-electron chi connectivity index (χ0n) is 17.6. The molecule has 0 bridgehead atoms. The van der Waals surface area contributed by atoms with Crippen LogP contribution in [-0.4, -0.2) is 14.4 Å². The number of imidazole rings is 1. The second-order valence-electron chi connectivity index (χ2n) is 8.24. The minimum Gasteiger partial charge on any atom is -0.355 e. The summed E-state index contributed by atoms with van der Waals surface area (Å²) in [5, 5.41) is 3.26. The third-order valence-electron chi connectivity index (χ3n) is 6.18. The molecular formula is C26H25FN4. The minimum atomic E-state index is -0.262. The highest BCUT2D eigenvalue weighted by Crippen LogP contribution is 2.35. The van der Waals surface area contributed by atoms with Crippen molar-refractivity contribution < 1.29 is 4.39 Å². The summed E-state index contributed by atoms with van der Waals surface area (Å²) >= 11 is 0. The van der Waals surface area contributed by atoms with Crippen molar-refractivity contribution in [3.8, 4) is 11.1 Å². The first-order valence-electron chi connectivity index (χ1n) is 10.7. The SMILES string of the molecule is C=C(Nc1ccc(F)cc1)c1cc(-c2cccn3c(C4CCCC4)ncc23)cnc1C. The Morgan fingerprint density at radius 1 is 1.10 bits per heavy atom. The molecule has 1 N–H and O–H groups in total. The molecule has 0 atom stereocenters. The number of fused-ring (bicyclic) bond motifs is 1. The molecule has 3 heterocycles. The number of aromatic nitrogens is 3. The van der Waals surface area contributed by atoms with Gasteiger partial charge in [0.05, 0.1) is 11.7 Å². The van der Waals surface area contributed by atoms with Gasteiger partial charge in [0.2, 0.25) is 0 Å². The van der Waals surface area contributed by atoms with E-state index < -0.39 is 0 Å². The zero-order valence-corrected chi connectivity index (χ0v) is 17.6. The summed E-state index contributed by atoms with van der Waals surface area (Å²) in [5.41, 5.74) is 6.54. The van der Waals surface area contributed by atoms with E-state index in [0.717, 1.165) is 45.1 Å². The van der Waals surface area contributed by atoms with E-state index >= 15 is 0 Å². The zero-order chi connectivity index (χ0) is 21.4. The number of aryl methyl sites for hydroxylation is 1. The molecule has 1 aromatic carbocycles. The van der Waals surface area contributed by atoms with E-state index in [4.69, 9.17) is 4.98 Å². The average molecular weight is 413 g/mol. The van der Waals surface area contributed by atoms with Gasteiger partial charge < -0.3 is 9.72 Å². The molecule has 0 aliphatic heterocycles. The van der Waals surface area contributed by atoms with Crippen molar-refractivity contribution >= 4 is 16.9 Å². The van der Waals surface area contributed by atoms with Gasteiger partial charge in [-0.15, -0.1) is 0 Å². The fourth-order valence-electron chi connectivity index (χ4n) is 4.53. The number of nitrogens with zero attached hydrogens (tertiary/aromatic N) is 3. The number of halogens is 1. The largest absolute Gasteiger partial charge is 0.355 e. The van der Waals surface area contributed by atoms with Crippen LogP contribution in [0.2, 0.25) is 0 Å². The summed E-state index contributed by atoms with van der Waals surface area (Å²) < 4.78 is 15.4. The molecule has 4 nitrogen and oxygen atoms in total. The smallest absolute Gasteiger partial charge is 0.123 e. The van der Waals surface area contributed by atoms with Crippen molar-refractivity contribution in [3.63, 3.8) is 0 Å². The number of anilines is 1. The summed E-state index contributed by atoms with van der Waals surface area (Å²) in [4.78, 5) is 9.42.